The van der Waals surface area contributed by atoms with Gasteiger partial charge < -0.3 is 20.3 Å². The molecule has 0 aromatic heterocycles. The Bertz CT molecular complexity index is 1090. The Hall–Kier alpha value is -3.51. The lowest BCUT2D eigenvalue weighted by Crippen LogP contribution is -2.45. The first-order valence-corrected chi connectivity index (χ1v) is 10.4. The summed E-state index contributed by atoms with van der Waals surface area (Å²) in [5.74, 6) is 0.481. The molecule has 7 heteroatoms. The molecule has 0 saturated heterocycles. The first-order chi connectivity index (χ1) is 15.0. The second kappa shape index (κ2) is 9.10. The topological polar surface area (TPSA) is 70.7 Å². The molecule has 1 unspecified atom stereocenters. The molecule has 1 aliphatic rings. The fourth-order valence-electron chi connectivity index (χ4n) is 3.43. The van der Waals surface area contributed by atoms with Crippen molar-refractivity contribution in [3.8, 4) is 5.75 Å². The van der Waals surface area contributed by atoms with E-state index in [1.54, 1.807) is 54.3 Å². The van der Waals surface area contributed by atoms with Crippen LogP contribution in [-0.4, -0.2) is 24.6 Å². The van der Waals surface area contributed by atoms with Crippen molar-refractivity contribution in [3.63, 3.8) is 0 Å². The number of amides is 3. The number of nitrogens with one attached hydrogen (secondary N) is 2. The Morgan fingerprint density at radius 3 is 2.42 bits per heavy atom. The van der Waals surface area contributed by atoms with E-state index in [0.717, 1.165) is 12.0 Å². The predicted molar refractivity (Wildman–Crippen MR) is 123 cm³/mol. The molecule has 4 rings (SSSR count). The summed E-state index contributed by atoms with van der Waals surface area (Å²) < 4.78 is 5.80. The normalized spacial score (nSPS) is 15.1. The van der Waals surface area contributed by atoms with Crippen molar-refractivity contribution in [2.24, 2.45) is 0 Å². The molecule has 3 amide bonds. The van der Waals surface area contributed by atoms with Gasteiger partial charge in [0.25, 0.3) is 5.91 Å². The van der Waals surface area contributed by atoms with Gasteiger partial charge in [-0.3, -0.25) is 4.79 Å². The quantitative estimate of drug-likeness (QED) is 0.568. The Kier molecular flexibility index (Phi) is 6.09. The maximum absolute atomic E-state index is 12.7. The van der Waals surface area contributed by atoms with Gasteiger partial charge in [-0.25, -0.2) is 4.79 Å². The Balaban J connectivity index is 1.47. The van der Waals surface area contributed by atoms with E-state index in [1.807, 2.05) is 30.3 Å². The summed E-state index contributed by atoms with van der Waals surface area (Å²) in [4.78, 5) is 26.8. The van der Waals surface area contributed by atoms with Crippen LogP contribution in [0.2, 0.25) is 5.02 Å². The molecule has 0 radical (unpaired) electrons. The number of urea groups is 1. The number of carbonyl (C=O) groups is 2. The van der Waals surface area contributed by atoms with Gasteiger partial charge in [-0.1, -0.05) is 41.9 Å². The number of halogens is 1. The van der Waals surface area contributed by atoms with E-state index in [-0.39, 0.29) is 11.9 Å². The molecule has 31 heavy (non-hydrogen) atoms. The molecular formula is C24H22ClN3O3. The Morgan fingerprint density at radius 1 is 1.00 bits per heavy atom. The molecule has 2 N–H and O–H groups in total. The number of hydrogen-bond acceptors (Lipinski definition) is 3. The van der Waals surface area contributed by atoms with Gasteiger partial charge in [0, 0.05) is 29.0 Å². The number of fused-ring (bicyclic) bond motifs is 1. The van der Waals surface area contributed by atoms with Crippen LogP contribution in [0.15, 0.2) is 72.8 Å². The zero-order valence-corrected chi connectivity index (χ0v) is 17.7. The first-order valence-electron chi connectivity index (χ1n) is 9.99. The predicted octanol–water partition coefficient (Wildman–Crippen LogP) is 5.34. The highest BCUT2D eigenvalue weighted by Gasteiger charge is 2.31. The SMILES string of the molecule is CC1Oc2cc(NC(=O)Nc3ccc(Cl)cc3)ccc2N(CCc2ccccc2)C1=O. The van der Waals surface area contributed by atoms with Crippen LogP contribution in [0.4, 0.5) is 21.9 Å². The van der Waals surface area contributed by atoms with Crippen LogP contribution in [-0.2, 0) is 11.2 Å². The van der Waals surface area contributed by atoms with E-state index in [4.69, 9.17) is 16.3 Å². The molecule has 1 atom stereocenters. The lowest BCUT2D eigenvalue weighted by molar-refractivity contribution is -0.125. The third-order valence-electron chi connectivity index (χ3n) is 5.00. The smallest absolute Gasteiger partial charge is 0.323 e. The summed E-state index contributed by atoms with van der Waals surface area (Å²) in [7, 11) is 0. The van der Waals surface area contributed by atoms with Crippen LogP contribution < -0.4 is 20.3 Å². The molecule has 0 bridgehead atoms. The number of hydrogen-bond donors (Lipinski definition) is 2. The summed E-state index contributed by atoms with van der Waals surface area (Å²) in [5.41, 5.74) is 3.05. The van der Waals surface area contributed by atoms with Crippen LogP contribution in [0.1, 0.15) is 12.5 Å². The Morgan fingerprint density at radius 2 is 1.68 bits per heavy atom. The minimum absolute atomic E-state index is 0.0791. The van der Waals surface area contributed by atoms with Crippen LogP contribution in [0.3, 0.4) is 0 Å². The molecular weight excluding hydrogens is 414 g/mol. The maximum Gasteiger partial charge on any atom is 0.323 e. The van der Waals surface area contributed by atoms with Crippen molar-refractivity contribution in [2.75, 3.05) is 22.1 Å². The molecule has 0 aliphatic carbocycles. The summed E-state index contributed by atoms with van der Waals surface area (Å²) in [6, 6.07) is 21.8. The zero-order valence-electron chi connectivity index (χ0n) is 17.0. The third kappa shape index (κ3) is 4.98. The standard InChI is InChI=1S/C24H22ClN3O3/c1-16-23(29)28(14-13-17-5-3-2-4-6-17)21-12-11-20(15-22(21)31-16)27-24(30)26-19-9-7-18(25)8-10-19/h2-12,15-16H,13-14H2,1H3,(H2,26,27,30). The molecule has 158 valence electrons. The largest absolute Gasteiger partial charge is 0.479 e. The van der Waals surface area contributed by atoms with Gasteiger partial charge >= 0.3 is 6.03 Å². The summed E-state index contributed by atoms with van der Waals surface area (Å²) >= 11 is 5.87. The van der Waals surface area contributed by atoms with Gasteiger partial charge in [0.05, 0.1) is 5.69 Å². The molecule has 0 spiro atoms. The average molecular weight is 436 g/mol. The van der Waals surface area contributed by atoms with Crippen LogP contribution in [0, 0.1) is 0 Å². The van der Waals surface area contributed by atoms with Crippen molar-refractivity contribution >= 4 is 40.6 Å². The minimum atomic E-state index is -0.596. The molecule has 1 heterocycles. The van der Waals surface area contributed by atoms with Crippen molar-refractivity contribution in [1.29, 1.82) is 0 Å². The zero-order chi connectivity index (χ0) is 21.8. The fourth-order valence-corrected chi connectivity index (χ4v) is 3.56. The summed E-state index contributed by atoms with van der Waals surface area (Å²) in [5, 5.41) is 6.13. The molecule has 1 aliphatic heterocycles. The van der Waals surface area contributed by atoms with E-state index >= 15 is 0 Å². The van der Waals surface area contributed by atoms with E-state index in [1.165, 1.54) is 0 Å². The van der Waals surface area contributed by atoms with Crippen molar-refractivity contribution in [3.05, 3.63) is 83.4 Å². The number of anilines is 3. The van der Waals surface area contributed by atoms with E-state index < -0.39 is 6.10 Å². The van der Waals surface area contributed by atoms with Gasteiger partial charge in [-0.05, 0) is 55.3 Å². The number of nitrogens with zero attached hydrogens (tertiary/aromatic N) is 1. The first kappa shape index (κ1) is 20.8. The third-order valence-corrected chi connectivity index (χ3v) is 5.25. The Labute approximate surface area is 185 Å². The second-order valence-corrected chi connectivity index (χ2v) is 7.69. The van der Waals surface area contributed by atoms with Gasteiger partial charge in [-0.2, -0.15) is 0 Å². The highest BCUT2D eigenvalue weighted by atomic mass is 35.5. The van der Waals surface area contributed by atoms with Crippen molar-refractivity contribution < 1.29 is 14.3 Å². The summed E-state index contributed by atoms with van der Waals surface area (Å²) in [6.07, 6.45) is 0.142. The second-order valence-electron chi connectivity index (χ2n) is 7.25. The van der Waals surface area contributed by atoms with Crippen molar-refractivity contribution in [2.45, 2.75) is 19.4 Å². The molecule has 0 saturated carbocycles. The van der Waals surface area contributed by atoms with Gasteiger partial charge in [0.15, 0.2) is 6.10 Å². The highest BCUT2D eigenvalue weighted by Crippen LogP contribution is 2.36. The van der Waals surface area contributed by atoms with E-state index in [0.29, 0.717) is 34.4 Å². The van der Waals surface area contributed by atoms with E-state index in [2.05, 4.69) is 10.6 Å². The molecule has 6 nitrogen and oxygen atoms in total. The highest BCUT2D eigenvalue weighted by molar-refractivity contribution is 6.30. The fraction of sp³-hybridized carbons (Fsp3) is 0.167. The molecule has 3 aromatic rings. The number of rotatable bonds is 5. The minimum Gasteiger partial charge on any atom is -0.479 e. The molecule has 0 fully saturated rings. The van der Waals surface area contributed by atoms with Crippen molar-refractivity contribution in [1.82, 2.24) is 0 Å². The lowest BCUT2D eigenvalue weighted by atomic mass is 10.1. The number of ether oxygens (including phenoxy) is 1. The maximum atomic E-state index is 12.7. The van der Waals surface area contributed by atoms with Crippen LogP contribution in [0.25, 0.3) is 0 Å². The van der Waals surface area contributed by atoms with E-state index in [9.17, 15) is 9.59 Å². The number of carbonyl (C=O) groups excluding carboxylic acids is 2. The number of benzene rings is 3. The average Bonchev–Trinajstić information content (AvgIpc) is 2.76. The van der Waals surface area contributed by atoms with Gasteiger partial charge in [-0.15, -0.1) is 0 Å². The van der Waals surface area contributed by atoms with Gasteiger partial charge in [0.2, 0.25) is 0 Å². The van der Waals surface area contributed by atoms with Crippen LogP contribution >= 0.6 is 11.6 Å². The monoisotopic (exact) mass is 435 g/mol. The van der Waals surface area contributed by atoms with Crippen LogP contribution in [0.5, 0.6) is 5.75 Å². The van der Waals surface area contributed by atoms with Gasteiger partial charge in [0.1, 0.15) is 5.75 Å². The summed E-state index contributed by atoms with van der Waals surface area (Å²) in [6.45, 7) is 2.28. The lowest BCUT2D eigenvalue weighted by Gasteiger charge is -2.33. The molecule has 3 aromatic carbocycles.